The fourth-order valence-electron chi connectivity index (χ4n) is 1.36. The Hall–Kier alpha value is -0.600. The van der Waals surface area contributed by atoms with E-state index in [9.17, 15) is 5.11 Å². The van der Waals surface area contributed by atoms with Crippen LogP contribution >= 0.6 is 0 Å². The SMILES string of the molecule is CC1=CCOC(/C=C/C(O)C(C)C)C1. The summed E-state index contributed by atoms with van der Waals surface area (Å²) < 4.78 is 5.50. The maximum absolute atomic E-state index is 9.57. The van der Waals surface area contributed by atoms with Crippen molar-refractivity contribution in [2.45, 2.75) is 39.4 Å². The highest BCUT2D eigenvalue weighted by molar-refractivity contribution is 5.08. The summed E-state index contributed by atoms with van der Waals surface area (Å²) in [5.41, 5.74) is 1.37. The lowest BCUT2D eigenvalue weighted by Crippen LogP contribution is -2.17. The van der Waals surface area contributed by atoms with Gasteiger partial charge in [-0.05, 0) is 19.3 Å². The molecule has 0 amide bonds. The summed E-state index contributed by atoms with van der Waals surface area (Å²) >= 11 is 0. The van der Waals surface area contributed by atoms with Crippen molar-refractivity contribution in [2.24, 2.45) is 5.92 Å². The number of hydrogen-bond acceptors (Lipinski definition) is 2. The van der Waals surface area contributed by atoms with Gasteiger partial charge in [0.2, 0.25) is 0 Å². The first-order valence-electron chi connectivity index (χ1n) is 5.23. The van der Waals surface area contributed by atoms with Crippen LogP contribution in [0.1, 0.15) is 27.2 Å². The molecular formula is C12H20O2. The number of ether oxygens (including phenoxy) is 1. The highest BCUT2D eigenvalue weighted by Gasteiger charge is 2.11. The van der Waals surface area contributed by atoms with E-state index in [1.807, 2.05) is 26.0 Å². The van der Waals surface area contributed by atoms with Crippen LogP contribution in [0, 0.1) is 5.92 Å². The van der Waals surface area contributed by atoms with E-state index in [0.717, 1.165) is 6.42 Å². The Balaban J connectivity index is 2.41. The summed E-state index contributed by atoms with van der Waals surface area (Å²) in [5.74, 6) is 0.270. The molecule has 80 valence electrons. The van der Waals surface area contributed by atoms with Crippen LogP contribution in [-0.4, -0.2) is 23.9 Å². The highest BCUT2D eigenvalue weighted by atomic mass is 16.5. The molecule has 2 heteroatoms. The molecule has 0 saturated heterocycles. The lowest BCUT2D eigenvalue weighted by Gasteiger charge is -2.19. The second-order valence-corrected chi connectivity index (χ2v) is 4.25. The Kier molecular flexibility index (Phi) is 4.36. The van der Waals surface area contributed by atoms with Gasteiger partial charge < -0.3 is 9.84 Å². The molecule has 2 unspecified atom stereocenters. The molecule has 0 saturated carbocycles. The van der Waals surface area contributed by atoms with Gasteiger partial charge in [0.05, 0.1) is 18.8 Å². The molecular weight excluding hydrogens is 176 g/mol. The van der Waals surface area contributed by atoms with Gasteiger partial charge in [-0.1, -0.05) is 37.6 Å². The Morgan fingerprint density at radius 2 is 2.29 bits per heavy atom. The molecule has 1 N–H and O–H groups in total. The van der Waals surface area contributed by atoms with Crippen molar-refractivity contribution in [3.63, 3.8) is 0 Å². The second-order valence-electron chi connectivity index (χ2n) is 4.25. The first-order chi connectivity index (χ1) is 6.59. The molecule has 0 bridgehead atoms. The maximum atomic E-state index is 9.57. The minimum absolute atomic E-state index is 0.147. The Bertz CT molecular complexity index is 228. The van der Waals surface area contributed by atoms with Gasteiger partial charge in [0.1, 0.15) is 0 Å². The topological polar surface area (TPSA) is 29.5 Å². The molecule has 1 aliphatic heterocycles. The van der Waals surface area contributed by atoms with E-state index in [1.54, 1.807) is 0 Å². The molecule has 2 nitrogen and oxygen atoms in total. The molecule has 2 atom stereocenters. The van der Waals surface area contributed by atoms with Crippen LogP contribution in [0.3, 0.4) is 0 Å². The van der Waals surface area contributed by atoms with E-state index in [4.69, 9.17) is 4.74 Å². The fourth-order valence-corrected chi connectivity index (χ4v) is 1.36. The van der Waals surface area contributed by atoms with Gasteiger partial charge in [-0.15, -0.1) is 0 Å². The van der Waals surface area contributed by atoms with Crippen LogP contribution in [0.25, 0.3) is 0 Å². The third-order valence-electron chi connectivity index (χ3n) is 2.47. The van der Waals surface area contributed by atoms with Crippen molar-refractivity contribution < 1.29 is 9.84 Å². The van der Waals surface area contributed by atoms with Crippen molar-refractivity contribution in [3.05, 3.63) is 23.8 Å². The van der Waals surface area contributed by atoms with Gasteiger partial charge in [0, 0.05) is 0 Å². The van der Waals surface area contributed by atoms with Crippen molar-refractivity contribution in [1.29, 1.82) is 0 Å². The van der Waals surface area contributed by atoms with E-state index < -0.39 is 0 Å². The number of aliphatic hydroxyl groups excluding tert-OH is 1. The lowest BCUT2D eigenvalue weighted by molar-refractivity contribution is 0.0965. The Morgan fingerprint density at radius 3 is 2.86 bits per heavy atom. The molecule has 14 heavy (non-hydrogen) atoms. The molecule has 0 aromatic rings. The summed E-state index contributed by atoms with van der Waals surface area (Å²) in [6.07, 6.45) is 6.65. The molecule has 0 aromatic heterocycles. The zero-order chi connectivity index (χ0) is 10.6. The molecule has 1 heterocycles. The standard InChI is InChI=1S/C12H20O2/c1-9(2)12(13)5-4-11-8-10(3)6-7-14-11/h4-6,9,11-13H,7-8H2,1-3H3/b5-4+. The monoisotopic (exact) mass is 196 g/mol. The lowest BCUT2D eigenvalue weighted by atomic mass is 10.0. The third-order valence-corrected chi connectivity index (χ3v) is 2.47. The quantitative estimate of drug-likeness (QED) is 0.702. The van der Waals surface area contributed by atoms with E-state index in [0.29, 0.717) is 6.61 Å². The summed E-state index contributed by atoms with van der Waals surface area (Å²) in [6, 6.07) is 0. The second kappa shape index (κ2) is 5.32. The van der Waals surface area contributed by atoms with Gasteiger partial charge in [-0.25, -0.2) is 0 Å². The van der Waals surface area contributed by atoms with Crippen molar-refractivity contribution >= 4 is 0 Å². The number of hydrogen-bond donors (Lipinski definition) is 1. The Morgan fingerprint density at radius 1 is 1.57 bits per heavy atom. The molecule has 1 rings (SSSR count). The highest BCUT2D eigenvalue weighted by Crippen LogP contribution is 2.15. The molecule has 0 radical (unpaired) electrons. The van der Waals surface area contributed by atoms with E-state index in [-0.39, 0.29) is 18.1 Å². The van der Waals surface area contributed by atoms with Crippen LogP contribution in [0.15, 0.2) is 23.8 Å². The zero-order valence-electron chi connectivity index (χ0n) is 9.23. The molecule has 0 aromatic carbocycles. The first kappa shape index (κ1) is 11.5. The third kappa shape index (κ3) is 3.64. The number of aliphatic hydroxyl groups is 1. The summed E-state index contributed by atoms with van der Waals surface area (Å²) in [4.78, 5) is 0. The smallest absolute Gasteiger partial charge is 0.0797 e. The Labute approximate surface area is 86.3 Å². The van der Waals surface area contributed by atoms with E-state index in [1.165, 1.54) is 5.57 Å². The van der Waals surface area contributed by atoms with Gasteiger partial charge in [0.15, 0.2) is 0 Å². The average Bonchev–Trinajstić information content (AvgIpc) is 2.14. The van der Waals surface area contributed by atoms with Crippen molar-refractivity contribution in [2.75, 3.05) is 6.61 Å². The molecule has 1 aliphatic rings. The largest absolute Gasteiger partial charge is 0.389 e. The predicted octanol–water partition coefficient (Wildman–Crippen LogP) is 2.29. The van der Waals surface area contributed by atoms with Crippen LogP contribution in [0.5, 0.6) is 0 Å². The summed E-state index contributed by atoms with van der Waals surface area (Å²) in [5, 5.41) is 9.57. The average molecular weight is 196 g/mol. The predicted molar refractivity (Wildman–Crippen MR) is 58.1 cm³/mol. The minimum Gasteiger partial charge on any atom is -0.389 e. The van der Waals surface area contributed by atoms with Gasteiger partial charge in [-0.2, -0.15) is 0 Å². The van der Waals surface area contributed by atoms with Gasteiger partial charge >= 0.3 is 0 Å². The van der Waals surface area contributed by atoms with Crippen molar-refractivity contribution in [1.82, 2.24) is 0 Å². The summed E-state index contributed by atoms with van der Waals surface area (Å²) in [7, 11) is 0. The molecule has 0 aliphatic carbocycles. The van der Waals surface area contributed by atoms with Crippen LogP contribution in [-0.2, 0) is 4.74 Å². The van der Waals surface area contributed by atoms with E-state index >= 15 is 0 Å². The molecule has 0 fully saturated rings. The summed E-state index contributed by atoms with van der Waals surface area (Å²) in [6.45, 7) is 6.81. The minimum atomic E-state index is -0.357. The van der Waals surface area contributed by atoms with Gasteiger partial charge in [-0.3, -0.25) is 0 Å². The van der Waals surface area contributed by atoms with Crippen molar-refractivity contribution in [3.8, 4) is 0 Å². The van der Waals surface area contributed by atoms with E-state index in [2.05, 4.69) is 13.0 Å². The number of rotatable bonds is 3. The van der Waals surface area contributed by atoms with Crippen LogP contribution < -0.4 is 0 Å². The van der Waals surface area contributed by atoms with Crippen LogP contribution in [0.2, 0.25) is 0 Å². The first-order valence-corrected chi connectivity index (χ1v) is 5.23. The maximum Gasteiger partial charge on any atom is 0.0797 e. The molecule has 0 spiro atoms. The normalized spacial score (nSPS) is 25.5. The zero-order valence-corrected chi connectivity index (χ0v) is 9.23. The van der Waals surface area contributed by atoms with Gasteiger partial charge in [0.25, 0.3) is 0 Å². The fraction of sp³-hybridized carbons (Fsp3) is 0.667. The van der Waals surface area contributed by atoms with Crippen LogP contribution in [0.4, 0.5) is 0 Å².